The van der Waals surface area contributed by atoms with Crippen molar-refractivity contribution in [1.29, 1.82) is 0 Å². The van der Waals surface area contributed by atoms with E-state index < -0.39 is 0 Å². The highest BCUT2D eigenvalue weighted by molar-refractivity contribution is 7.98. The maximum Gasteiger partial charge on any atom is 0.185 e. The summed E-state index contributed by atoms with van der Waals surface area (Å²) in [4.78, 5) is 8.70. The van der Waals surface area contributed by atoms with Crippen LogP contribution in [0, 0.1) is 0 Å². The van der Waals surface area contributed by atoms with Crippen molar-refractivity contribution < 1.29 is 0 Å². The van der Waals surface area contributed by atoms with Crippen LogP contribution < -0.4 is 10.2 Å². The minimum Gasteiger partial charge on any atom is -0.347 e. The molecule has 0 aliphatic carbocycles. The fraction of sp³-hybridized carbons (Fsp3) is 0.800. The summed E-state index contributed by atoms with van der Waals surface area (Å²) >= 11 is 3.76. The van der Waals surface area contributed by atoms with Crippen molar-refractivity contribution in [1.82, 2.24) is 10.3 Å². The Hall–Kier alpha value is -0.260. The average molecular weight is 316 g/mol. The van der Waals surface area contributed by atoms with Crippen LogP contribution in [0.3, 0.4) is 0 Å². The molecule has 0 saturated carbocycles. The third kappa shape index (κ3) is 4.37. The minimum absolute atomic E-state index is 0.539. The lowest BCUT2D eigenvalue weighted by Gasteiger charge is -2.26. The summed E-state index contributed by atoms with van der Waals surface area (Å²) in [5, 5.41) is 4.44. The maximum atomic E-state index is 4.95. The second kappa shape index (κ2) is 8.90. The number of nitrogens with zero attached hydrogens (tertiary/aromatic N) is 2. The third-order valence-electron chi connectivity index (χ3n) is 3.81. The third-order valence-corrected chi connectivity index (χ3v) is 5.69. The lowest BCUT2D eigenvalue weighted by Crippen LogP contribution is -2.33. The van der Waals surface area contributed by atoms with Gasteiger partial charge in [-0.25, -0.2) is 4.98 Å². The van der Waals surface area contributed by atoms with Crippen molar-refractivity contribution in [3.05, 3.63) is 10.6 Å². The summed E-state index contributed by atoms with van der Waals surface area (Å²) < 4.78 is 0. The molecule has 3 nitrogen and oxygen atoms in total. The zero-order valence-electron chi connectivity index (χ0n) is 13.7. The molecule has 0 fully saturated rings. The van der Waals surface area contributed by atoms with Gasteiger partial charge in [0.15, 0.2) is 5.13 Å². The van der Waals surface area contributed by atoms with Gasteiger partial charge >= 0.3 is 0 Å². The normalized spacial score (nSPS) is 14.3. The van der Waals surface area contributed by atoms with Crippen LogP contribution in [0.4, 0.5) is 5.13 Å². The van der Waals surface area contributed by atoms with Gasteiger partial charge in [-0.05, 0) is 32.1 Å². The fourth-order valence-corrected chi connectivity index (χ4v) is 4.29. The number of rotatable bonds is 9. The van der Waals surface area contributed by atoms with Gasteiger partial charge in [-0.2, -0.15) is 11.8 Å². The lowest BCUT2D eigenvalue weighted by atomic mass is 10.0. The summed E-state index contributed by atoms with van der Waals surface area (Å²) in [5.41, 5.74) is 1.28. The molecule has 1 aromatic heterocycles. The number of nitrogens with one attached hydrogen (secondary N) is 1. The van der Waals surface area contributed by atoms with E-state index in [-0.39, 0.29) is 0 Å². The Morgan fingerprint density at radius 2 is 2.05 bits per heavy atom. The molecule has 0 spiro atoms. The molecule has 1 aromatic rings. The molecule has 0 aromatic carbocycles. The highest BCUT2D eigenvalue weighted by atomic mass is 32.2. The molecule has 20 heavy (non-hydrogen) atoms. The zero-order valence-corrected chi connectivity index (χ0v) is 15.3. The topological polar surface area (TPSA) is 28.2 Å². The molecule has 0 aliphatic heterocycles. The number of anilines is 1. The molecule has 0 radical (unpaired) electrons. The first-order chi connectivity index (χ1) is 9.58. The van der Waals surface area contributed by atoms with Crippen molar-refractivity contribution >= 4 is 28.2 Å². The first-order valence-corrected chi connectivity index (χ1v) is 9.65. The Labute approximate surface area is 132 Å². The van der Waals surface area contributed by atoms with Gasteiger partial charge < -0.3 is 10.2 Å². The van der Waals surface area contributed by atoms with Gasteiger partial charge in [0.1, 0.15) is 0 Å². The molecule has 0 bridgehead atoms. The van der Waals surface area contributed by atoms with E-state index in [2.05, 4.69) is 44.3 Å². The van der Waals surface area contributed by atoms with Crippen molar-refractivity contribution in [3.8, 4) is 0 Å². The van der Waals surface area contributed by atoms with E-state index in [1.54, 1.807) is 0 Å². The SMILES string of the molecule is CCC(C)c1nc(N(C)C(CC)CSC)sc1CNC. The van der Waals surface area contributed by atoms with Gasteiger partial charge in [0.25, 0.3) is 0 Å². The maximum absolute atomic E-state index is 4.95. The van der Waals surface area contributed by atoms with Crippen molar-refractivity contribution in [2.24, 2.45) is 0 Å². The molecule has 1 N–H and O–H groups in total. The Morgan fingerprint density at radius 1 is 1.35 bits per heavy atom. The minimum atomic E-state index is 0.539. The molecular formula is C15H29N3S2. The highest BCUT2D eigenvalue weighted by Crippen LogP contribution is 2.33. The van der Waals surface area contributed by atoms with E-state index in [4.69, 9.17) is 4.98 Å². The molecule has 2 atom stereocenters. The molecular weight excluding hydrogens is 286 g/mol. The highest BCUT2D eigenvalue weighted by Gasteiger charge is 2.21. The van der Waals surface area contributed by atoms with Crippen LogP contribution in [-0.2, 0) is 6.54 Å². The summed E-state index contributed by atoms with van der Waals surface area (Å²) in [7, 11) is 4.19. The van der Waals surface area contributed by atoms with Crippen molar-refractivity contribution in [2.75, 3.05) is 31.0 Å². The molecule has 116 valence electrons. The number of thiazole rings is 1. The number of thioether (sulfide) groups is 1. The van der Waals surface area contributed by atoms with E-state index >= 15 is 0 Å². The predicted molar refractivity (Wildman–Crippen MR) is 94.4 cm³/mol. The molecule has 0 aliphatic rings. The fourth-order valence-electron chi connectivity index (χ4n) is 2.22. The smallest absolute Gasteiger partial charge is 0.185 e. The number of hydrogen-bond donors (Lipinski definition) is 1. The molecule has 2 unspecified atom stereocenters. The Balaban J connectivity index is 2.99. The van der Waals surface area contributed by atoms with Gasteiger partial charge in [-0.15, -0.1) is 11.3 Å². The number of aromatic nitrogens is 1. The van der Waals surface area contributed by atoms with Crippen LogP contribution in [0.15, 0.2) is 0 Å². The van der Waals surface area contributed by atoms with Gasteiger partial charge in [0, 0.05) is 30.3 Å². The molecule has 1 rings (SSSR count). The van der Waals surface area contributed by atoms with Crippen LogP contribution in [0.2, 0.25) is 0 Å². The Kier molecular flexibility index (Phi) is 7.92. The van der Waals surface area contributed by atoms with E-state index in [0.29, 0.717) is 12.0 Å². The standard InChI is InChI=1S/C15H29N3S2/c1-7-11(3)14-13(9-16-4)20-15(17-14)18(5)12(8-2)10-19-6/h11-12,16H,7-10H2,1-6H3. The molecule has 1 heterocycles. The Bertz CT molecular complexity index is 392. The second-order valence-electron chi connectivity index (χ2n) is 5.27. The molecule has 5 heteroatoms. The van der Waals surface area contributed by atoms with Crippen LogP contribution in [0.5, 0.6) is 0 Å². The van der Waals surface area contributed by atoms with E-state index in [1.807, 2.05) is 30.1 Å². The van der Waals surface area contributed by atoms with Crippen LogP contribution in [0.1, 0.15) is 50.1 Å². The zero-order chi connectivity index (χ0) is 15.1. The summed E-state index contributed by atoms with van der Waals surface area (Å²) in [6.07, 6.45) is 4.48. The van der Waals surface area contributed by atoms with Crippen molar-refractivity contribution in [2.45, 2.75) is 52.1 Å². The lowest BCUT2D eigenvalue weighted by molar-refractivity contribution is 0.662. The second-order valence-corrected chi connectivity index (χ2v) is 7.25. The first-order valence-electron chi connectivity index (χ1n) is 7.44. The van der Waals surface area contributed by atoms with Crippen molar-refractivity contribution in [3.63, 3.8) is 0 Å². The quantitative estimate of drug-likeness (QED) is 0.747. The van der Waals surface area contributed by atoms with E-state index in [1.165, 1.54) is 15.7 Å². The van der Waals surface area contributed by atoms with E-state index in [0.717, 1.165) is 25.1 Å². The van der Waals surface area contributed by atoms with Gasteiger partial charge in [0.05, 0.1) is 5.69 Å². The first kappa shape index (κ1) is 17.8. The van der Waals surface area contributed by atoms with Gasteiger partial charge in [-0.1, -0.05) is 20.8 Å². The van der Waals surface area contributed by atoms with Crippen LogP contribution in [0.25, 0.3) is 0 Å². The monoisotopic (exact) mass is 315 g/mol. The van der Waals surface area contributed by atoms with Gasteiger partial charge in [0.2, 0.25) is 0 Å². The van der Waals surface area contributed by atoms with Crippen LogP contribution >= 0.6 is 23.1 Å². The average Bonchev–Trinajstić information content (AvgIpc) is 2.87. The summed E-state index contributed by atoms with van der Waals surface area (Å²) in [6.45, 7) is 7.69. The largest absolute Gasteiger partial charge is 0.347 e. The number of hydrogen-bond acceptors (Lipinski definition) is 5. The summed E-state index contributed by atoms with van der Waals surface area (Å²) in [5.74, 6) is 1.70. The Morgan fingerprint density at radius 3 is 2.55 bits per heavy atom. The molecule has 0 saturated heterocycles. The van der Waals surface area contributed by atoms with E-state index in [9.17, 15) is 0 Å². The molecule has 0 amide bonds. The van der Waals surface area contributed by atoms with Crippen LogP contribution in [-0.4, -0.2) is 37.1 Å². The predicted octanol–water partition coefficient (Wildman–Crippen LogP) is 3.95. The summed E-state index contributed by atoms with van der Waals surface area (Å²) in [6, 6.07) is 0.573. The van der Waals surface area contributed by atoms with Gasteiger partial charge in [-0.3, -0.25) is 0 Å².